The third-order valence-corrected chi connectivity index (χ3v) is 5.15. The van der Waals surface area contributed by atoms with Crippen LogP contribution in [0.1, 0.15) is 31.9 Å². The van der Waals surface area contributed by atoms with Crippen LogP contribution in [0.25, 0.3) is 11.1 Å². The lowest BCUT2D eigenvalue weighted by Gasteiger charge is -2.22. The summed E-state index contributed by atoms with van der Waals surface area (Å²) >= 11 is 6.29. The van der Waals surface area contributed by atoms with Gasteiger partial charge in [0.05, 0.1) is 11.6 Å². The Kier molecular flexibility index (Phi) is 7.79. The van der Waals surface area contributed by atoms with Gasteiger partial charge in [0, 0.05) is 18.2 Å². The van der Waals surface area contributed by atoms with Crippen molar-refractivity contribution < 1.29 is 19.4 Å². The minimum atomic E-state index is -1.17. The Balaban J connectivity index is 1.79. The lowest BCUT2D eigenvalue weighted by atomic mass is 10.0. The highest BCUT2D eigenvalue weighted by molar-refractivity contribution is 6.30. The molecule has 0 unspecified atom stereocenters. The van der Waals surface area contributed by atoms with E-state index in [9.17, 15) is 19.5 Å². The number of pyridine rings is 1. The van der Waals surface area contributed by atoms with Crippen LogP contribution < -0.4 is 10.9 Å². The first-order valence-corrected chi connectivity index (χ1v) is 11.1. The van der Waals surface area contributed by atoms with Gasteiger partial charge in [0.1, 0.15) is 11.6 Å². The van der Waals surface area contributed by atoms with Crippen molar-refractivity contribution >= 4 is 23.7 Å². The molecule has 3 rings (SSSR count). The molecule has 0 spiro atoms. The fourth-order valence-corrected chi connectivity index (χ4v) is 3.64. The molecule has 178 valence electrons. The van der Waals surface area contributed by atoms with Gasteiger partial charge in [-0.15, -0.1) is 0 Å². The Morgan fingerprint density at radius 2 is 1.71 bits per heavy atom. The number of amides is 1. The number of halogens is 1. The van der Waals surface area contributed by atoms with E-state index in [-0.39, 0.29) is 12.0 Å². The van der Waals surface area contributed by atoms with E-state index in [1.807, 2.05) is 30.3 Å². The summed E-state index contributed by atoms with van der Waals surface area (Å²) in [5.41, 5.74) is 1.83. The van der Waals surface area contributed by atoms with Crippen molar-refractivity contribution in [3.8, 4) is 11.1 Å². The zero-order valence-electron chi connectivity index (χ0n) is 19.2. The van der Waals surface area contributed by atoms with Crippen LogP contribution in [-0.2, 0) is 22.5 Å². The van der Waals surface area contributed by atoms with Crippen molar-refractivity contribution in [2.75, 3.05) is 0 Å². The van der Waals surface area contributed by atoms with Crippen LogP contribution >= 0.6 is 11.6 Å². The van der Waals surface area contributed by atoms with Crippen molar-refractivity contribution in [1.82, 2.24) is 9.88 Å². The smallest absolute Gasteiger partial charge is 0.408 e. The SMILES string of the molecule is CC(C)(C)OC(=O)N[C@@H](Cc1ccc(-c2cc(Cl)cn(Cc3ccccc3)c2=O)cc1)C(=O)O. The molecule has 0 bridgehead atoms. The van der Waals surface area contributed by atoms with Gasteiger partial charge in [-0.05, 0) is 43.5 Å². The van der Waals surface area contributed by atoms with E-state index in [2.05, 4.69) is 5.32 Å². The first-order chi connectivity index (χ1) is 16.0. The number of alkyl carbamates (subject to hydrolysis) is 1. The molecule has 34 heavy (non-hydrogen) atoms. The molecule has 2 N–H and O–H groups in total. The van der Waals surface area contributed by atoms with Gasteiger partial charge in [0.25, 0.3) is 5.56 Å². The summed E-state index contributed by atoms with van der Waals surface area (Å²) in [6, 6.07) is 17.0. The number of benzene rings is 2. The molecule has 3 aromatic rings. The molecule has 1 atom stereocenters. The second kappa shape index (κ2) is 10.6. The zero-order chi connectivity index (χ0) is 24.9. The number of nitrogens with zero attached hydrogens (tertiary/aromatic N) is 1. The van der Waals surface area contributed by atoms with Crippen molar-refractivity contribution in [2.24, 2.45) is 0 Å². The third-order valence-electron chi connectivity index (χ3n) is 4.94. The first-order valence-electron chi connectivity index (χ1n) is 10.8. The molecule has 0 aliphatic rings. The van der Waals surface area contributed by atoms with Crippen molar-refractivity contribution in [1.29, 1.82) is 0 Å². The van der Waals surface area contributed by atoms with Gasteiger partial charge in [-0.25, -0.2) is 9.59 Å². The van der Waals surface area contributed by atoms with Gasteiger partial charge in [0.2, 0.25) is 0 Å². The maximum absolute atomic E-state index is 13.1. The lowest BCUT2D eigenvalue weighted by molar-refractivity contribution is -0.139. The molecule has 0 fully saturated rings. The van der Waals surface area contributed by atoms with Crippen molar-refractivity contribution in [2.45, 2.75) is 45.4 Å². The quantitative estimate of drug-likeness (QED) is 0.507. The molecule has 0 saturated carbocycles. The Hall–Kier alpha value is -3.58. The Bertz CT molecular complexity index is 1210. The molecule has 0 saturated heterocycles. The summed E-state index contributed by atoms with van der Waals surface area (Å²) in [7, 11) is 0. The standard InChI is InChI=1S/C26H27ClN2O5/c1-26(2,3)34-25(33)28-22(24(31)32)13-17-9-11-19(12-10-17)21-14-20(27)16-29(23(21)30)15-18-7-5-4-6-8-18/h4-12,14,16,22H,13,15H2,1-3H3,(H,28,33)(H,31,32)/t22-/m0/s1. The highest BCUT2D eigenvalue weighted by Crippen LogP contribution is 2.21. The summed E-state index contributed by atoms with van der Waals surface area (Å²) < 4.78 is 6.71. The Labute approximate surface area is 203 Å². The van der Waals surface area contributed by atoms with Crippen LogP contribution in [0.2, 0.25) is 5.02 Å². The summed E-state index contributed by atoms with van der Waals surface area (Å²) in [5, 5.41) is 12.3. The molecular weight excluding hydrogens is 456 g/mol. The number of ether oxygens (including phenoxy) is 1. The van der Waals surface area contributed by atoms with E-state index >= 15 is 0 Å². The maximum Gasteiger partial charge on any atom is 0.408 e. The van der Waals surface area contributed by atoms with E-state index in [1.165, 1.54) is 0 Å². The number of hydrogen-bond acceptors (Lipinski definition) is 4. The molecular formula is C26H27ClN2O5. The van der Waals surface area contributed by atoms with Gasteiger partial charge >= 0.3 is 12.1 Å². The number of carbonyl (C=O) groups is 2. The van der Waals surface area contributed by atoms with Crippen LogP contribution in [0, 0.1) is 0 Å². The number of carbonyl (C=O) groups excluding carboxylic acids is 1. The number of hydrogen-bond donors (Lipinski definition) is 2. The molecule has 0 aliphatic carbocycles. The number of rotatable bonds is 7. The predicted molar refractivity (Wildman–Crippen MR) is 131 cm³/mol. The fourth-order valence-electron chi connectivity index (χ4n) is 3.41. The number of nitrogens with one attached hydrogen (secondary N) is 1. The number of carboxylic acid groups (broad SMARTS) is 1. The Morgan fingerprint density at radius 3 is 2.29 bits per heavy atom. The van der Waals surface area contributed by atoms with Gasteiger partial charge < -0.3 is 19.7 Å². The van der Waals surface area contributed by atoms with Gasteiger partial charge in [-0.1, -0.05) is 66.2 Å². The second-order valence-electron chi connectivity index (χ2n) is 8.93. The lowest BCUT2D eigenvalue weighted by Crippen LogP contribution is -2.44. The van der Waals surface area contributed by atoms with Crippen LogP contribution in [-0.4, -0.2) is 33.4 Å². The number of aliphatic carboxylic acids is 1. The molecule has 1 heterocycles. The van der Waals surface area contributed by atoms with Crippen molar-refractivity contribution in [3.05, 3.63) is 93.4 Å². The van der Waals surface area contributed by atoms with Crippen LogP contribution in [0.5, 0.6) is 0 Å². The molecule has 8 heteroatoms. The van der Waals surface area contributed by atoms with E-state index in [0.717, 1.165) is 5.56 Å². The molecule has 0 radical (unpaired) electrons. The molecule has 2 aromatic carbocycles. The highest BCUT2D eigenvalue weighted by atomic mass is 35.5. The summed E-state index contributed by atoms with van der Waals surface area (Å²) in [6.45, 7) is 5.49. The van der Waals surface area contributed by atoms with E-state index in [0.29, 0.717) is 28.3 Å². The highest BCUT2D eigenvalue weighted by Gasteiger charge is 2.24. The zero-order valence-corrected chi connectivity index (χ0v) is 20.0. The largest absolute Gasteiger partial charge is 0.480 e. The van der Waals surface area contributed by atoms with Crippen molar-refractivity contribution in [3.63, 3.8) is 0 Å². The average Bonchev–Trinajstić information content (AvgIpc) is 2.75. The van der Waals surface area contributed by atoms with Gasteiger partial charge in [-0.2, -0.15) is 0 Å². The normalized spacial score (nSPS) is 12.1. The van der Waals surface area contributed by atoms with E-state index in [4.69, 9.17) is 16.3 Å². The Morgan fingerprint density at radius 1 is 1.06 bits per heavy atom. The molecule has 1 amide bonds. The summed E-state index contributed by atoms with van der Waals surface area (Å²) in [4.78, 5) is 36.7. The van der Waals surface area contributed by atoms with Gasteiger partial charge in [-0.3, -0.25) is 4.79 Å². The average molecular weight is 483 g/mol. The maximum atomic E-state index is 13.1. The molecule has 1 aromatic heterocycles. The van der Waals surface area contributed by atoms with Crippen LogP contribution in [0.15, 0.2) is 71.7 Å². The third kappa shape index (κ3) is 6.96. The van der Waals surface area contributed by atoms with E-state index in [1.54, 1.807) is 61.9 Å². The minimum Gasteiger partial charge on any atom is -0.480 e. The molecule has 7 nitrogen and oxygen atoms in total. The minimum absolute atomic E-state index is 0.0582. The number of carboxylic acids is 1. The fraction of sp³-hybridized carbons (Fsp3) is 0.269. The second-order valence-corrected chi connectivity index (χ2v) is 9.37. The predicted octanol–water partition coefficient (Wildman–Crippen LogP) is 4.74. The monoisotopic (exact) mass is 482 g/mol. The summed E-state index contributed by atoms with van der Waals surface area (Å²) in [5.74, 6) is -1.17. The number of aromatic nitrogens is 1. The summed E-state index contributed by atoms with van der Waals surface area (Å²) in [6.07, 6.45) is 0.867. The van der Waals surface area contributed by atoms with Gasteiger partial charge in [0.15, 0.2) is 0 Å². The topological polar surface area (TPSA) is 97.6 Å². The molecule has 0 aliphatic heterocycles. The van der Waals surface area contributed by atoms with E-state index < -0.39 is 23.7 Å². The van der Waals surface area contributed by atoms with Crippen LogP contribution in [0.4, 0.5) is 4.79 Å². The van der Waals surface area contributed by atoms with Crippen LogP contribution in [0.3, 0.4) is 0 Å². The first kappa shape index (κ1) is 25.1.